The summed E-state index contributed by atoms with van der Waals surface area (Å²) >= 11 is 0. The molecule has 0 aliphatic carbocycles. The van der Waals surface area contributed by atoms with Gasteiger partial charge in [-0.25, -0.2) is 4.39 Å². The highest BCUT2D eigenvalue weighted by Gasteiger charge is 2.14. The standard InChI is InChI=1S/C17H20FNO/c1-11-7-8-14(12(2)9-11)15(19)10-13-5-4-6-16(20-3)17(13)18/h4-9,15H,10,19H2,1-3H3. The van der Waals surface area contributed by atoms with Crippen LogP contribution in [-0.4, -0.2) is 7.11 Å². The summed E-state index contributed by atoms with van der Waals surface area (Å²) in [6.07, 6.45) is 0.451. The molecule has 2 aromatic rings. The molecule has 0 fully saturated rings. The molecule has 0 aliphatic rings. The monoisotopic (exact) mass is 273 g/mol. The fourth-order valence-electron chi connectivity index (χ4n) is 2.46. The van der Waals surface area contributed by atoms with Gasteiger partial charge >= 0.3 is 0 Å². The summed E-state index contributed by atoms with van der Waals surface area (Å²) in [5.74, 6) is -0.0643. The summed E-state index contributed by atoms with van der Waals surface area (Å²) in [5, 5.41) is 0. The molecule has 0 aromatic heterocycles. The minimum absolute atomic E-state index is 0.225. The molecule has 1 unspecified atom stereocenters. The Morgan fingerprint density at radius 2 is 1.95 bits per heavy atom. The Balaban J connectivity index is 2.25. The number of hydrogen-bond donors (Lipinski definition) is 1. The summed E-state index contributed by atoms with van der Waals surface area (Å²) in [6, 6.07) is 11.1. The number of benzene rings is 2. The highest BCUT2D eigenvalue weighted by molar-refractivity contribution is 5.36. The molecule has 0 amide bonds. The molecule has 20 heavy (non-hydrogen) atoms. The highest BCUT2D eigenvalue weighted by atomic mass is 19.1. The lowest BCUT2D eigenvalue weighted by atomic mass is 9.94. The minimum atomic E-state index is -0.324. The fraction of sp³-hybridized carbons (Fsp3) is 0.294. The second-order valence-corrected chi connectivity index (χ2v) is 5.10. The van der Waals surface area contributed by atoms with Crippen LogP contribution in [0.2, 0.25) is 0 Å². The first-order chi connectivity index (χ1) is 9.52. The summed E-state index contributed by atoms with van der Waals surface area (Å²) in [6.45, 7) is 4.08. The lowest BCUT2D eigenvalue weighted by molar-refractivity contribution is 0.383. The molecule has 106 valence electrons. The van der Waals surface area contributed by atoms with Crippen LogP contribution in [0.25, 0.3) is 0 Å². The van der Waals surface area contributed by atoms with Crippen molar-refractivity contribution in [3.63, 3.8) is 0 Å². The Hall–Kier alpha value is -1.87. The number of rotatable bonds is 4. The number of halogens is 1. The van der Waals surface area contributed by atoms with Crippen LogP contribution in [0.3, 0.4) is 0 Å². The van der Waals surface area contributed by atoms with Crippen molar-refractivity contribution < 1.29 is 9.13 Å². The lowest BCUT2D eigenvalue weighted by Crippen LogP contribution is -2.15. The van der Waals surface area contributed by atoms with Crippen molar-refractivity contribution >= 4 is 0 Å². The Morgan fingerprint density at radius 1 is 1.20 bits per heavy atom. The predicted octanol–water partition coefficient (Wildman–Crippen LogP) is 3.69. The van der Waals surface area contributed by atoms with Gasteiger partial charge in [0.15, 0.2) is 11.6 Å². The molecule has 0 radical (unpaired) electrons. The van der Waals surface area contributed by atoms with E-state index >= 15 is 0 Å². The third kappa shape index (κ3) is 2.99. The summed E-state index contributed by atoms with van der Waals surface area (Å²) in [4.78, 5) is 0. The average Bonchev–Trinajstić information content (AvgIpc) is 2.41. The van der Waals surface area contributed by atoms with Crippen molar-refractivity contribution in [1.29, 1.82) is 0 Å². The summed E-state index contributed by atoms with van der Waals surface area (Å²) in [5.41, 5.74) is 10.2. The van der Waals surface area contributed by atoms with Crippen LogP contribution in [-0.2, 0) is 6.42 Å². The molecule has 2 aromatic carbocycles. The molecule has 1 atom stereocenters. The molecule has 0 heterocycles. The number of hydrogen-bond acceptors (Lipinski definition) is 2. The van der Waals surface area contributed by atoms with E-state index in [2.05, 4.69) is 6.07 Å². The van der Waals surface area contributed by atoms with Crippen LogP contribution in [0.1, 0.15) is 28.3 Å². The Kier molecular flexibility index (Phi) is 4.40. The highest BCUT2D eigenvalue weighted by Crippen LogP contribution is 2.25. The Bertz CT molecular complexity index is 610. The van der Waals surface area contributed by atoms with Gasteiger partial charge in [0.25, 0.3) is 0 Å². The zero-order valence-electron chi connectivity index (χ0n) is 12.1. The molecular formula is C17H20FNO. The van der Waals surface area contributed by atoms with Crippen molar-refractivity contribution in [2.24, 2.45) is 5.73 Å². The SMILES string of the molecule is COc1cccc(CC(N)c2ccc(C)cc2C)c1F. The van der Waals surface area contributed by atoms with Gasteiger partial charge in [-0.2, -0.15) is 0 Å². The van der Waals surface area contributed by atoms with E-state index in [1.165, 1.54) is 12.7 Å². The van der Waals surface area contributed by atoms with Crippen molar-refractivity contribution in [3.05, 3.63) is 64.5 Å². The van der Waals surface area contributed by atoms with E-state index in [0.717, 1.165) is 11.1 Å². The van der Waals surface area contributed by atoms with E-state index in [4.69, 9.17) is 10.5 Å². The molecule has 0 saturated carbocycles. The molecule has 0 aliphatic heterocycles. The van der Waals surface area contributed by atoms with E-state index in [0.29, 0.717) is 12.0 Å². The van der Waals surface area contributed by atoms with Gasteiger partial charge in [-0.1, -0.05) is 35.9 Å². The van der Waals surface area contributed by atoms with E-state index in [1.54, 1.807) is 18.2 Å². The van der Waals surface area contributed by atoms with Crippen molar-refractivity contribution in [3.8, 4) is 5.75 Å². The summed E-state index contributed by atoms with van der Waals surface area (Å²) in [7, 11) is 1.46. The van der Waals surface area contributed by atoms with Gasteiger partial charge in [-0.15, -0.1) is 0 Å². The molecule has 0 bridgehead atoms. The van der Waals surface area contributed by atoms with Gasteiger partial charge in [0, 0.05) is 6.04 Å². The normalized spacial score (nSPS) is 12.2. The first-order valence-corrected chi connectivity index (χ1v) is 6.67. The summed E-state index contributed by atoms with van der Waals surface area (Å²) < 4.78 is 19.1. The van der Waals surface area contributed by atoms with E-state index in [1.807, 2.05) is 26.0 Å². The molecule has 3 heteroatoms. The topological polar surface area (TPSA) is 35.2 Å². The Labute approximate surface area is 119 Å². The second kappa shape index (κ2) is 6.06. The minimum Gasteiger partial charge on any atom is -0.494 e. The maximum Gasteiger partial charge on any atom is 0.168 e. The van der Waals surface area contributed by atoms with E-state index in [-0.39, 0.29) is 17.6 Å². The first-order valence-electron chi connectivity index (χ1n) is 6.67. The number of aryl methyl sites for hydroxylation is 2. The molecule has 2 rings (SSSR count). The third-order valence-corrected chi connectivity index (χ3v) is 3.53. The maximum absolute atomic E-state index is 14.1. The van der Waals surface area contributed by atoms with Crippen molar-refractivity contribution in [2.75, 3.05) is 7.11 Å². The zero-order valence-corrected chi connectivity index (χ0v) is 12.1. The van der Waals surface area contributed by atoms with Crippen LogP contribution in [0.15, 0.2) is 36.4 Å². The average molecular weight is 273 g/mol. The Morgan fingerprint density at radius 3 is 2.60 bits per heavy atom. The maximum atomic E-state index is 14.1. The van der Waals surface area contributed by atoms with Crippen LogP contribution in [0, 0.1) is 19.7 Å². The van der Waals surface area contributed by atoms with Gasteiger partial charge < -0.3 is 10.5 Å². The van der Waals surface area contributed by atoms with Gasteiger partial charge in [-0.3, -0.25) is 0 Å². The van der Waals surface area contributed by atoms with Gasteiger partial charge in [0.1, 0.15) is 0 Å². The predicted molar refractivity (Wildman–Crippen MR) is 79.5 cm³/mol. The van der Waals surface area contributed by atoms with Crippen molar-refractivity contribution in [2.45, 2.75) is 26.3 Å². The van der Waals surface area contributed by atoms with Gasteiger partial charge in [0.2, 0.25) is 0 Å². The quantitative estimate of drug-likeness (QED) is 0.922. The van der Waals surface area contributed by atoms with Crippen LogP contribution in [0.4, 0.5) is 4.39 Å². The largest absolute Gasteiger partial charge is 0.494 e. The number of methoxy groups -OCH3 is 1. The van der Waals surface area contributed by atoms with Crippen LogP contribution in [0.5, 0.6) is 5.75 Å². The van der Waals surface area contributed by atoms with Gasteiger partial charge in [-0.05, 0) is 43.0 Å². The molecule has 0 saturated heterocycles. The second-order valence-electron chi connectivity index (χ2n) is 5.10. The number of ether oxygens (including phenoxy) is 1. The van der Waals surface area contributed by atoms with Crippen LogP contribution < -0.4 is 10.5 Å². The first kappa shape index (κ1) is 14.5. The molecular weight excluding hydrogens is 253 g/mol. The smallest absolute Gasteiger partial charge is 0.168 e. The van der Waals surface area contributed by atoms with Crippen LogP contribution >= 0.6 is 0 Å². The number of nitrogens with two attached hydrogens (primary N) is 1. The third-order valence-electron chi connectivity index (χ3n) is 3.53. The van der Waals surface area contributed by atoms with Gasteiger partial charge in [0.05, 0.1) is 7.11 Å². The lowest BCUT2D eigenvalue weighted by Gasteiger charge is -2.16. The fourth-order valence-corrected chi connectivity index (χ4v) is 2.46. The van der Waals surface area contributed by atoms with Crippen molar-refractivity contribution in [1.82, 2.24) is 0 Å². The molecule has 0 spiro atoms. The van der Waals surface area contributed by atoms with E-state index < -0.39 is 0 Å². The van der Waals surface area contributed by atoms with E-state index in [9.17, 15) is 4.39 Å². The zero-order chi connectivity index (χ0) is 14.7. The molecule has 2 N–H and O–H groups in total. The molecule has 2 nitrogen and oxygen atoms in total.